The molecule has 3 aromatic rings. The van der Waals surface area contributed by atoms with Gasteiger partial charge in [0.15, 0.2) is 0 Å². The third-order valence-corrected chi connectivity index (χ3v) is 7.17. The molecule has 4 rings (SSSR count). The molecule has 2 aromatic carbocycles. The van der Waals surface area contributed by atoms with Gasteiger partial charge in [-0.1, -0.05) is 11.6 Å². The van der Waals surface area contributed by atoms with Crippen LogP contribution in [0.3, 0.4) is 0 Å². The third kappa shape index (κ3) is 6.90. The van der Waals surface area contributed by atoms with Crippen molar-refractivity contribution >= 4 is 40.1 Å². The Kier molecular flexibility index (Phi) is 8.77. The lowest BCUT2D eigenvalue weighted by molar-refractivity contribution is 0.154. The molecule has 0 aliphatic carbocycles. The van der Waals surface area contributed by atoms with Gasteiger partial charge < -0.3 is 20.1 Å². The lowest BCUT2D eigenvalue weighted by atomic mass is 10.1. The molecular formula is C25H34ClN5S. The number of nitrogens with zero attached hydrogens (tertiary/aromatic N) is 2. The normalized spacial score (nSPS) is 15.4. The Morgan fingerprint density at radius 2 is 1.81 bits per heavy atom. The molecule has 5 nitrogen and oxygen atoms in total. The Morgan fingerprint density at radius 1 is 1.00 bits per heavy atom. The van der Waals surface area contributed by atoms with Gasteiger partial charge in [-0.15, -0.1) is 0 Å². The molecule has 3 N–H and O–H groups in total. The van der Waals surface area contributed by atoms with Crippen molar-refractivity contribution in [3.8, 4) is 0 Å². The van der Waals surface area contributed by atoms with Crippen molar-refractivity contribution in [2.75, 3.05) is 58.2 Å². The molecule has 172 valence electrons. The fourth-order valence-electron chi connectivity index (χ4n) is 4.09. The van der Waals surface area contributed by atoms with Gasteiger partial charge in [-0.25, -0.2) is 0 Å². The molecule has 32 heavy (non-hydrogen) atoms. The van der Waals surface area contributed by atoms with Crippen LogP contribution in [0.1, 0.15) is 18.4 Å². The molecule has 1 saturated heterocycles. The predicted molar refractivity (Wildman–Crippen MR) is 139 cm³/mol. The van der Waals surface area contributed by atoms with Crippen LogP contribution in [0.15, 0.2) is 53.6 Å². The van der Waals surface area contributed by atoms with Crippen molar-refractivity contribution in [2.24, 2.45) is 0 Å². The number of fused-ring (bicyclic) bond motifs is 1. The highest BCUT2D eigenvalue weighted by Gasteiger charge is 2.12. The summed E-state index contributed by atoms with van der Waals surface area (Å²) in [5.41, 5.74) is 3.68. The number of likely N-dealkylation sites (N-methyl/N-ethyl adjacent to an activating group) is 1. The lowest BCUT2D eigenvalue weighted by Gasteiger charge is -2.32. The molecule has 0 spiro atoms. The first-order chi connectivity index (χ1) is 15.7. The molecular weight excluding hydrogens is 438 g/mol. The summed E-state index contributed by atoms with van der Waals surface area (Å²) in [6, 6.07) is 14.7. The number of benzene rings is 2. The van der Waals surface area contributed by atoms with Crippen LogP contribution in [-0.4, -0.2) is 67.6 Å². The maximum absolute atomic E-state index is 6.14. The number of aromatic amines is 1. The van der Waals surface area contributed by atoms with E-state index >= 15 is 0 Å². The Bertz CT molecular complexity index is 966. The highest BCUT2D eigenvalue weighted by atomic mass is 35.5. The summed E-state index contributed by atoms with van der Waals surface area (Å²) in [5, 5.41) is 5.58. The van der Waals surface area contributed by atoms with E-state index in [4.69, 9.17) is 11.6 Å². The van der Waals surface area contributed by atoms with Gasteiger partial charge in [0, 0.05) is 72.0 Å². The topological polar surface area (TPSA) is 46.3 Å². The maximum Gasteiger partial charge on any atom is 0.0457 e. The second kappa shape index (κ2) is 12.0. The van der Waals surface area contributed by atoms with Crippen LogP contribution in [-0.2, 0) is 6.42 Å². The number of hydrogen-bond donors (Lipinski definition) is 3. The molecule has 0 bridgehead atoms. The van der Waals surface area contributed by atoms with Gasteiger partial charge in [0.2, 0.25) is 0 Å². The number of piperazine rings is 1. The second-order valence-electron chi connectivity index (χ2n) is 8.55. The molecule has 0 radical (unpaired) electrons. The van der Waals surface area contributed by atoms with Gasteiger partial charge in [0.1, 0.15) is 0 Å². The van der Waals surface area contributed by atoms with Crippen molar-refractivity contribution in [1.29, 1.82) is 0 Å². The van der Waals surface area contributed by atoms with Gasteiger partial charge in [0.05, 0.1) is 0 Å². The molecule has 0 atom stereocenters. The fourth-order valence-corrected chi connectivity index (χ4v) is 4.95. The van der Waals surface area contributed by atoms with Crippen LogP contribution < -0.4 is 10.0 Å². The number of nitrogens with one attached hydrogen (secondary N) is 3. The van der Waals surface area contributed by atoms with Crippen molar-refractivity contribution in [1.82, 2.24) is 19.5 Å². The van der Waals surface area contributed by atoms with Crippen molar-refractivity contribution in [3.63, 3.8) is 0 Å². The predicted octanol–water partition coefficient (Wildman–Crippen LogP) is 5.10. The average molecular weight is 472 g/mol. The SMILES string of the molecule is CN1CCN(CCCNc2ccc(SNCCCc3c[nH]c4ccc(Cl)cc34)cc2)CC1. The first-order valence-electron chi connectivity index (χ1n) is 11.6. The summed E-state index contributed by atoms with van der Waals surface area (Å²) in [6.07, 6.45) is 5.40. The molecule has 1 aliphatic rings. The van der Waals surface area contributed by atoms with E-state index in [9.17, 15) is 0 Å². The van der Waals surface area contributed by atoms with Crippen molar-refractivity contribution in [2.45, 2.75) is 24.2 Å². The van der Waals surface area contributed by atoms with Crippen LogP contribution in [0.4, 0.5) is 5.69 Å². The Labute approximate surface area is 201 Å². The first-order valence-corrected chi connectivity index (χ1v) is 12.8. The highest BCUT2D eigenvalue weighted by molar-refractivity contribution is 7.97. The Balaban J connectivity index is 1.10. The molecule has 1 fully saturated rings. The average Bonchev–Trinajstić information content (AvgIpc) is 3.20. The van der Waals surface area contributed by atoms with Crippen LogP contribution in [0.25, 0.3) is 10.9 Å². The minimum absolute atomic E-state index is 0.792. The number of rotatable bonds is 11. The first kappa shape index (κ1) is 23.5. The zero-order valence-corrected chi connectivity index (χ0v) is 20.4. The smallest absolute Gasteiger partial charge is 0.0457 e. The van der Waals surface area contributed by atoms with E-state index in [2.05, 4.69) is 62.3 Å². The number of aryl methyl sites for hydroxylation is 1. The summed E-state index contributed by atoms with van der Waals surface area (Å²) < 4.78 is 3.49. The van der Waals surface area contributed by atoms with Crippen LogP contribution in [0.2, 0.25) is 5.02 Å². The van der Waals surface area contributed by atoms with Gasteiger partial charge in [-0.05, 0) is 92.8 Å². The molecule has 2 heterocycles. The standard InChI is InChI=1S/C25H34ClN5S/c1-30-14-16-31(17-15-30)13-3-11-27-22-6-8-23(9-7-22)32-29-12-2-4-20-19-28-25-10-5-21(26)18-24(20)25/h5-10,18-19,27-29H,2-4,11-17H2,1H3. The quantitative estimate of drug-likeness (QED) is 0.268. The molecule has 0 saturated carbocycles. The zero-order valence-electron chi connectivity index (χ0n) is 18.9. The molecule has 7 heteroatoms. The highest BCUT2D eigenvalue weighted by Crippen LogP contribution is 2.23. The summed E-state index contributed by atoms with van der Waals surface area (Å²) in [7, 11) is 2.21. The van der Waals surface area contributed by atoms with E-state index in [0.717, 1.165) is 36.5 Å². The van der Waals surface area contributed by atoms with Gasteiger partial charge in [-0.3, -0.25) is 4.72 Å². The monoisotopic (exact) mass is 471 g/mol. The number of halogens is 1. The number of aromatic nitrogens is 1. The van der Waals surface area contributed by atoms with Crippen LogP contribution in [0.5, 0.6) is 0 Å². The fraction of sp³-hybridized carbons (Fsp3) is 0.440. The molecule has 0 unspecified atom stereocenters. The zero-order chi connectivity index (χ0) is 22.2. The van der Waals surface area contributed by atoms with E-state index in [1.54, 1.807) is 11.9 Å². The van der Waals surface area contributed by atoms with E-state index in [0.29, 0.717) is 0 Å². The minimum atomic E-state index is 0.792. The van der Waals surface area contributed by atoms with Crippen molar-refractivity contribution < 1.29 is 0 Å². The van der Waals surface area contributed by atoms with Gasteiger partial charge >= 0.3 is 0 Å². The minimum Gasteiger partial charge on any atom is -0.385 e. The van der Waals surface area contributed by atoms with E-state index in [-0.39, 0.29) is 0 Å². The largest absolute Gasteiger partial charge is 0.385 e. The van der Waals surface area contributed by atoms with Crippen molar-refractivity contribution in [3.05, 3.63) is 59.2 Å². The van der Waals surface area contributed by atoms with E-state index < -0.39 is 0 Å². The second-order valence-corrected chi connectivity index (χ2v) is 9.95. The number of anilines is 1. The van der Waals surface area contributed by atoms with Gasteiger partial charge in [-0.2, -0.15) is 0 Å². The maximum atomic E-state index is 6.14. The summed E-state index contributed by atoms with van der Waals surface area (Å²) >= 11 is 7.85. The molecule has 1 aliphatic heterocycles. The Morgan fingerprint density at radius 3 is 2.62 bits per heavy atom. The molecule has 1 aromatic heterocycles. The van der Waals surface area contributed by atoms with E-state index in [1.165, 1.54) is 60.7 Å². The summed E-state index contributed by atoms with van der Waals surface area (Å²) in [6.45, 7) is 7.96. The van der Waals surface area contributed by atoms with E-state index in [1.807, 2.05) is 18.2 Å². The van der Waals surface area contributed by atoms with Crippen LogP contribution >= 0.6 is 23.5 Å². The summed E-state index contributed by atoms with van der Waals surface area (Å²) in [5.74, 6) is 0. The van der Waals surface area contributed by atoms with Crippen LogP contribution in [0, 0.1) is 0 Å². The number of H-pyrrole nitrogens is 1. The molecule has 0 amide bonds. The number of hydrogen-bond acceptors (Lipinski definition) is 5. The summed E-state index contributed by atoms with van der Waals surface area (Å²) in [4.78, 5) is 9.55. The lowest BCUT2D eigenvalue weighted by Crippen LogP contribution is -2.44. The third-order valence-electron chi connectivity index (χ3n) is 6.07. The Hall–Kier alpha value is -1.70. The van der Waals surface area contributed by atoms with Gasteiger partial charge in [0.25, 0.3) is 0 Å².